The normalized spacial score (nSPS) is 19.0. The summed E-state index contributed by atoms with van der Waals surface area (Å²) in [6, 6.07) is 3.91. The molecule has 0 spiro atoms. The van der Waals surface area contributed by atoms with Crippen LogP contribution >= 0.6 is 39.1 Å². The highest BCUT2D eigenvalue weighted by atomic mass is 79.9. The van der Waals surface area contributed by atoms with Crippen LogP contribution in [0.5, 0.6) is 0 Å². The molecule has 2 rings (SSSR count). The standard InChI is InChI=1S/C15H17BrCl2O2/c1-19-6-7-20-12-4-2-10(3-5-12)11-8-13(17)15(16)14(18)9-11/h2,8-9,12H,3-7H2,1H3. The smallest absolute Gasteiger partial charge is 0.0704 e. The number of allylic oxidation sites excluding steroid dienone is 1. The Morgan fingerprint density at radius 3 is 2.50 bits per heavy atom. The zero-order chi connectivity index (χ0) is 14.5. The maximum absolute atomic E-state index is 6.15. The molecule has 0 radical (unpaired) electrons. The molecule has 110 valence electrons. The fourth-order valence-electron chi connectivity index (χ4n) is 2.26. The summed E-state index contributed by atoms with van der Waals surface area (Å²) in [5.41, 5.74) is 2.38. The van der Waals surface area contributed by atoms with Crippen molar-refractivity contribution >= 4 is 44.7 Å². The van der Waals surface area contributed by atoms with Gasteiger partial charge in [-0.25, -0.2) is 0 Å². The zero-order valence-corrected chi connectivity index (χ0v) is 14.4. The van der Waals surface area contributed by atoms with E-state index in [2.05, 4.69) is 22.0 Å². The van der Waals surface area contributed by atoms with Gasteiger partial charge in [-0.05, 0) is 58.5 Å². The molecule has 0 saturated heterocycles. The molecule has 0 saturated carbocycles. The van der Waals surface area contributed by atoms with Crippen LogP contribution in [-0.2, 0) is 9.47 Å². The van der Waals surface area contributed by atoms with Gasteiger partial charge in [0.25, 0.3) is 0 Å². The quantitative estimate of drug-likeness (QED) is 0.506. The van der Waals surface area contributed by atoms with Gasteiger partial charge in [-0.1, -0.05) is 29.3 Å². The minimum absolute atomic E-state index is 0.287. The highest BCUT2D eigenvalue weighted by Gasteiger charge is 2.17. The van der Waals surface area contributed by atoms with E-state index in [1.54, 1.807) is 7.11 Å². The number of hydrogen-bond acceptors (Lipinski definition) is 2. The molecule has 0 fully saturated rings. The Balaban J connectivity index is 2.01. The van der Waals surface area contributed by atoms with Crippen LogP contribution in [0.1, 0.15) is 24.8 Å². The largest absolute Gasteiger partial charge is 0.382 e. The molecule has 1 aromatic carbocycles. The summed E-state index contributed by atoms with van der Waals surface area (Å²) in [5.74, 6) is 0. The van der Waals surface area contributed by atoms with E-state index in [1.165, 1.54) is 5.57 Å². The predicted molar refractivity (Wildman–Crippen MR) is 87.6 cm³/mol. The highest BCUT2D eigenvalue weighted by molar-refractivity contribution is 9.10. The molecule has 20 heavy (non-hydrogen) atoms. The van der Waals surface area contributed by atoms with E-state index in [4.69, 9.17) is 32.7 Å². The molecular weight excluding hydrogens is 363 g/mol. The van der Waals surface area contributed by atoms with Crippen molar-refractivity contribution in [2.75, 3.05) is 20.3 Å². The number of ether oxygens (including phenoxy) is 2. The minimum atomic E-state index is 0.287. The molecule has 1 aromatic rings. The van der Waals surface area contributed by atoms with Crippen molar-refractivity contribution in [2.24, 2.45) is 0 Å². The third kappa shape index (κ3) is 4.22. The van der Waals surface area contributed by atoms with Crippen molar-refractivity contribution < 1.29 is 9.47 Å². The van der Waals surface area contributed by atoms with Crippen molar-refractivity contribution in [1.82, 2.24) is 0 Å². The topological polar surface area (TPSA) is 18.5 Å². The van der Waals surface area contributed by atoms with E-state index < -0.39 is 0 Å². The van der Waals surface area contributed by atoms with Crippen LogP contribution in [0.2, 0.25) is 10.0 Å². The van der Waals surface area contributed by atoms with Crippen LogP contribution in [0.25, 0.3) is 5.57 Å². The second kappa shape index (κ2) is 7.81. The van der Waals surface area contributed by atoms with Crippen molar-refractivity contribution in [2.45, 2.75) is 25.4 Å². The first-order valence-electron chi connectivity index (χ1n) is 6.56. The lowest BCUT2D eigenvalue weighted by Gasteiger charge is -2.22. The molecule has 0 heterocycles. The molecule has 5 heteroatoms. The summed E-state index contributed by atoms with van der Waals surface area (Å²) in [6.45, 7) is 1.30. The first-order valence-corrected chi connectivity index (χ1v) is 8.11. The SMILES string of the molecule is COCCOC1CC=C(c2cc(Cl)c(Br)c(Cl)c2)CC1. The fourth-order valence-corrected chi connectivity index (χ4v) is 2.98. The van der Waals surface area contributed by atoms with Crippen molar-refractivity contribution in [1.29, 1.82) is 0 Å². The molecule has 1 aliphatic rings. The first kappa shape index (κ1) is 16.3. The minimum Gasteiger partial charge on any atom is -0.382 e. The Morgan fingerprint density at radius 2 is 1.95 bits per heavy atom. The molecular formula is C15H17BrCl2O2. The molecule has 0 aliphatic heterocycles. The average Bonchev–Trinajstić information content (AvgIpc) is 2.45. The van der Waals surface area contributed by atoms with Crippen molar-refractivity contribution in [3.63, 3.8) is 0 Å². The number of halogens is 3. The highest BCUT2D eigenvalue weighted by Crippen LogP contribution is 2.36. The summed E-state index contributed by atoms with van der Waals surface area (Å²) < 4.78 is 11.5. The van der Waals surface area contributed by atoms with Gasteiger partial charge in [-0.2, -0.15) is 0 Å². The zero-order valence-electron chi connectivity index (χ0n) is 11.3. The van der Waals surface area contributed by atoms with Gasteiger partial charge in [-0.3, -0.25) is 0 Å². The first-order chi connectivity index (χ1) is 9.61. The number of rotatable bonds is 5. The summed E-state index contributed by atoms with van der Waals surface area (Å²) in [5, 5.41) is 1.29. The number of benzene rings is 1. The van der Waals surface area contributed by atoms with E-state index in [0.717, 1.165) is 29.3 Å². The van der Waals surface area contributed by atoms with Crippen LogP contribution in [-0.4, -0.2) is 26.4 Å². The van der Waals surface area contributed by atoms with Gasteiger partial charge in [-0.15, -0.1) is 0 Å². The fraction of sp³-hybridized carbons (Fsp3) is 0.467. The Bertz CT molecular complexity index is 480. The Hall–Kier alpha value is -0.0600. The summed E-state index contributed by atoms with van der Waals surface area (Å²) in [6.07, 6.45) is 5.42. The third-order valence-electron chi connectivity index (χ3n) is 3.36. The van der Waals surface area contributed by atoms with Crippen LogP contribution in [0, 0.1) is 0 Å². The second-order valence-corrected chi connectivity index (χ2v) is 6.35. The maximum atomic E-state index is 6.15. The van der Waals surface area contributed by atoms with Gasteiger partial charge >= 0.3 is 0 Å². The lowest BCUT2D eigenvalue weighted by molar-refractivity contribution is 0.0141. The Labute approximate surface area is 138 Å². The number of methoxy groups -OCH3 is 1. The van der Waals surface area contributed by atoms with E-state index in [-0.39, 0.29) is 6.10 Å². The average molecular weight is 380 g/mol. The molecule has 1 aliphatic carbocycles. The maximum Gasteiger partial charge on any atom is 0.0704 e. The monoisotopic (exact) mass is 378 g/mol. The van der Waals surface area contributed by atoms with E-state index >= 15 is 0 Å². The molecule has 0 N–H and O–H groups in total. The number of hydrogen-bond donors (Lipinski definition) is 0. The Kier molecular flexibility index (Phi) is 6.37. The predicted octanol–water partition coefficient (Wildman–Crippen LogP) is 5.35. The molecule has 0 amide bonds. The molecule has 0 aromatic heterocycles. The van der Waals surface area contributed by atoms with E-state index in [0.29, 0.717) is 23.3 Å². The van der Waals surface area contributed by atoms with Gasteiger partial charge < -0.3 is 9.47 Å². The van der Waals surface area contributed by atoms with Gasteiger partial charge in [0.2, 0.25) is 0 Å². The van der Waals surface area contributed by atoms with Gasteiger partial charge in [0.05, 0.1) is 33.8 Å². The van der Waals surface area contributed by atoms with Crippen LogP contribution in [0.15, 0.2) is 22.7 Å². The van der Waals surface area contributed by atoms with E-state index in [9.17, 15) is 0 Å². The summed E-state index contributed by atoms with van der Waals surface area (Å²) >= 11 is 15.7. The molecule has 0 bridgehead atoms. The summed E-state index contributed by atoms with van der Waals surface area (Å²) in [4.78, 5) is 0. The van der Waals surface area contributed by atoms with Crippen LogP contribution in [0.4, 0.5) is 0 Å². The lowest BCUT2D eigenvalue weighted by Crippen LogP contribution is -2.18. The third-order valence-corrected chi connectivity index (χ3v) is 5.27. The second-order valence-electron chi connectivity index (χ2n) is 4.74. The van der Waals surface area contributed by atoms with E-state index in [1.807, 2.05) is 12.1 Å². The lowest BCUT2D eigenvalue weighted by atomic mass is 9.92. The molecule has 1 unspecified atom stereocenters. The van der Waals surface area contributed by atoms with Gasteiger partial charge in [0, 0.05) is 7.11 Å². The molecule has 2 nitrogen and oxygen atoms in total. The van der Waals surface area contributed by atoms with Crippen LogP contribution < -0.4 is 0 Å². The summed E-state index contributed by atoms with van der Waals surface area (Å²) in [7, 11) is 1.68. The van der Waals surface area contributed by atoms with Gasteiger partial charge in [0.1, 0.15) is 0 Å². The van der Waals surface area contributed by atoms with Crippen molar-refractivity contribution in [3.8, 4) is 0 Å². The molecule has 1 atom stereocenters. The van der Waals surface area contributed by atoms with Gasteiger partial charge in [0.15, 0.2) is 0 Å². The van der Waals surface area contributed by atoms with Crippen molar-refractivity contribution in [3.05, 3.63) is 38.3 Å². The Morgan fingerprint density at radius 1 is 1.25 bits per heavy atom. The van der Waals surface area contributed by atoms with Crippen LogP contribution in [0.3, 0.4) is 0 Å².